The minimum absolute atomic E-state index is 0.181. The standard InChI is InChI=1S/C14H14N2O2/c1-3-10(6-7-15)16-13(17)11-5-4-9(2)8-12(11)14(16)18/h4-5,8,10H,3,6H2,1-2H3. The second kappa shape index (κ2) is 4.61. The van der Waals surface area contributed by atoms with Gasteiger partial charge in [-0.05, 0) is 25.5 Å². The number of nitrogens with zero attached hydrogens (tertiary/aromatic N) is 2. The summed E-state index contributed by atoms with van der Waals surface area (Å²) in [6.07, 6.45) is 0.777. The summed E-state index contributed by atoms with van der Waals surface area (Å²) in [4.78, 5) is 25.6. The second-order valence-electron chi connectivity index (χ2n) is 4.45. The molecule has 4 nitrogen and oxygen atoms in total. The van der Waals surface area contributed by atoms with E-state index in [1.165, 1.54) is 4.90 Å². The molecule has 1 atom stereocenters. The number of carbonyl (C=O) groups excluding carboxylic acids is 2. The van der Waals surface area contributed by atoms with Crippen molar-refractivity contribution < 1.29 is 9.59 Å². The molecule has 1 unspecified atom stereocenters. The molecule has 0 saturated carbocycles. The summed E-state index contributed by atoms with van der Waals surface area (Å²) in [5.41, 5.74) is 1.85. The predicted molar refractivity (Wildman–Crippen MR) is 66.0 cm³/mol. The van der Waals surface area contributed by atoms with E-state index in [4.69, 9.17) is 5.26 Å². The minimum atomic E-state index is -0.331. The number of hydrogen-bond donors (Lipinski definition) is 0. The lowest BCUT2D eigenvalue weighted by molar-refractivity contribution is 0.0583. The van der Waals surface area contributed by atoms with Crippen molar-refractivity contribution in [2.75, 3.05) is 0 Å². The van der Waals surface area contributed by atoms with E-state index in [2.05, 4.69) is 0 Å². The lowest BCUT2D eigenvalue weighted by Crippen LogP contribution is -2.39. The van der Waals surface area contributed by atoms with Crippen LogP contribution < -0.4 is 0 Å². The quantitative estimate of drug-likeness (QED) is 0.764. The molecule has 2 rings (SSSR count). The van der Waals surface area contributed by atoms with Crippen molar-refractivity contribution in [3.05, 3.63) is 34.9 Å². The largest absolute Gasteiger partial charge is 0.270 e. The number of amides is 2. The Kier molecular flexibility index (Phi) is 3.15. The summed E-state index contributed by atoms with van der Waals surface area (Å²) in [7, 11) is 0. The Bertz CT molecular complexity index is 557. The Labute approximate surface area is 106 Å². The molecule has 1 aromatic rings. The molecule has 1 aliphatic rings. The minimum Gasteiger partial charge on any atom is -0.270 e. The fourth-order valence-corrected chi connectivity index (χ4v) is 2.23. The summed E-state index contributed by atoms with van der Waals surface area (Å²) in [6, 6.07) is 6.93. The third kappa shape index (κ3) is 1.78. The van der Waals surface area contributed by atoms with Gasteiger partial charge in [-0.2, -0.15) is 5.26 Å². The van der Waals surface area contributed by atoms with Crippen molar-refractivity contribution in [1.82, 2.24) is 4.90 Å². The van der Waals surface area contributed by atoms with Gasteiger partial charge in [-0.1, -0.05) is 18.6 Å². The van der Waals surface area contributed by atoms with Crippen LogP contribution in [0.2, 0.25) is 0 Å². The van der Waals surface area contributed by atoms with Gasteiger partial charge in [0.25, 0.3) is 11.8 Å². The van der Waals surface area contributed by atoms with Gasteiger partial charge in [-0.3, -0.25) is 14.5 Å². The van der Waals surface area contributed by atoms with Crippen molar-refractivity contribution in [3.63, 3.8) is 0 Å². The molecule has 92 valence electrons. The highest BCUT2D eigenvalue weighted by Gasteiger charge is 2.39. The van der Waals surface area contributed by atoms with Crippen LogP contribution in [-0.4, -0.2) is 22.8 Å². The highest BCUT2D eigenvalue weighted by atomic mass is 16.2. The highest BCUT2D eigenvalue weighted by molar-refractivity contribution is 6.21. The number of nitriles is 1. The van der Waals surface area contributed by atoms with E-state index in [-0.39, 0.29) is 24.3 Å². The van der Waals surface area contributed by atoms with Crippen LogP contribution in [0.1, 0.15) is 46.0 Å². The van der Waals surface area contributed by atoms with Crippen LogP contribution in [0.15, 0.2) is 18.2 Å². The third-order valence-corrected chi connectivity index (χ3v) is 3.24. The highest BCUT2D eigenvalue weighted by Crippen LogP contribution is 2.27. The predicted octanol–water partition coefficient (Wildman–Crippen LogP) is 2.28. The van der Waals surface area contributed by atoms with E-state index in [9.17, 15) is 9.59 Å². The first-order valence-corrected chi connectivity index (χ1v) is 5.95. The fourth-order valence-electron chi connectivity index (χ4n) is 2.23. The Morgan fingerprint density at radius 1 is 1.28 bits per heavy atom. The van der Waals surface area contributed by atoms with Gasteiger partial charge in [0, 0.05) is 0 Å². The van der Waals surface area contributed by atoms with Gasteiger partial charge < -0.3 is 0 Å². The molecular formula is C14H14N2O2. The molecular weight excluding hydrogens is 228 g/mol. The number of rotatable bonds is 3. The van der Waals surface area contributed by atoms with Gasteiger partial charge in [-0.25, -0.2) is 0 Å². The Morgan fingerprint density at radius 2 is 1.94 bits per heavy atom. The van der Waals surface area contributed by atoms with Crippen LogP contribution in [0, 0.1) is 18.3 Å². The maximum atomic E-state index is 12.2. The van der Waals surface area contributed by atoms with Gasteiger partial charge in [0.1, 0.15) is 0 Å². The van der Waals surface area contributed by atoms with Crippen LogP contribution in [0.4, 0.5) is 0 Å². The third-order valence-electron chi connectivity index (χ3n) is 3.24. The Balaban J connectivity index is 2.42. The SMILES string of the molecule is CCC(CC#N)N1C(=O)c2ccc(C)cc2C1=O. The molecule has 18 heavy (non-hydrogen) atoms. The lowest BCUT2D eigenvalue weighted by atomic mass is 10.1. The van der Waals surface area contributed by atoms with Gasteiger partial charge in [0.2, 0.25) is 0 Å². The smallest absolute Gasteiger partial charge is 0.261 e. The van der Waals surface area contributed by atoms with Crippen molar-refractivity contribution in [2.24, 2.45) is 0 Å². The monoisotopic (exact) mass is 242 g/mol. The first-order valence-electron chi connectivity index (χ1n) is 5.95. The van der Waals surface area contributed by atoms with Crippen LogP contribution in [0.3, 0.4) is 0 Å². The summed E-state index contributed by atoms with van der Waals surface area (Å²) in [6.45, 7) is 3.75. The summed E-state index contributed by atoms with van der Waals surface area (Å²) in [5, 5.41) is 8.76. The summed E-state index contributed by atoms with van der Waals surface area (Å²) < 4.78 is 0. The lowest BCUT2D eigenvalue weighted by Gasteiger charge is -2.22. The molecule has 0 aliphatic carbocycles. The molecule has 0 N–H and O–H groups in total. The van der Waals surface area contributed by atoms with E-state index < -0.39 is 0 Å². The van der Waals surface area contributed by atoms with Crippen molar-refractivity contribution >= 4 is 11.8 Å². The normalized spacial score (nSPS) is 15.5. The van der Waals surface area contributed by atoms with Gasteiger partial charge in [0.05, 0.1) is 29.7 Å². The number of imide groups is 1. The molecule has 0 aromatic heterocycles. The molecule has 0 saturated heterocycles. The molecule has 0 fully saturated rings. The molecule has 4 heteroatoms. The molecule has 1 heterocycles. The van der Waals surface area contributed by atoms with Crippen LogP contribution in [0.25, 0.3) is 0 Å². The molecule has 0 radical (unpaired) electrons. The van der Waals surface area contributed by atoms with E-state index in [0.29, 0.717) is 17.5 Å². The van der Waals surface area contributed by atoms with Crippen molar-refractivity contribution in [3.8, 4) is 6.07 Å². The first kappa shape index (κ1) is 12.3. The number of fused-ring (bicyclic) bond motifs is 1. The first-order chi connectivity index (χ1) is 8.60. The van der Waals surface area contributed by atoms with Crippen molar-refractivity contribution in [1.29, 1.82) is 5.26 Å². The van der Waals surface area contributed by atoms with E-state index >= 15 is 0 Å². The van der Waals surface area contributed by atoms with Crippen LogP contribution >= 0.6 is 0 Å². The zero-order chi connectivity index (χ0) is 13.3. The summed E-state index contributed by atoms with van der Waals surface area (Å²) >= 11 is 0. The van der Waals surface area contributed by atoms with Gasteiger partial charge >= 0.3 is 0 Å². The zero-order valence-electron chi connectivity index (χ0n) is 10.4. The fraction of sp³-hybridized carbons (Fsp3) is 0.357. The number of hydrogen-bond acceptors (Lipinski definition) is 3. The number of benzene rings is 1. The Hall–Kier alpha value is -2.15. The second-order valence-corrected chi connectivity index (χ2v) is 4.45. The van der Waals surface area contributed by atoms with E-state index in [0.717, 1.165) is 5.56 Å². The molecule has 0 spiro atoms. The molecule has 1 aliphatic heterocycles. The summed E-state index contributed by atoms with van der Waals surface area (Å²) in [5.74, 6) is -0.557. The van der Waals surface area contributed by atoms with Crippen LogP contribution in [0.5, 0.6) is 0 Å². The Morgan fingerprint density at radius 3 is 2.56 bits per heavy atom. The maximum Gasteiger partial charge on any atom is 0.261 e. The zero-order valence-corrected chi connectivity index (χ0v) is 10.4. The van der Waals surface area contributed by atoms with Gasteiger partial charge in [-0.15, -0.1) is 0 Å². The molecule has 1 aromatic carbocycles. The average Bonchev–Trinajstić information content (AvgIpc) is 2.59. The topological polar surface area (TPSA) is 61.2 Å². The molecule has 0 bridgehead atoms. The van der Waals surface area contributed by atoms with Gasteiger partial charge in [0.15, 0.2) is 0 Å². The number of aryl methyl sites for hydroxylation is 1. The number of carbonyl (C=O) groups is 2. The van der Waals surface area contributed by atoms with Crippen molar-refractivity contribution in [2.45, 2.75) is 32.7 Å². The van der Waals surface area contributed by atoms with Crippen LogP contribution in [-0.2, 0) is 0 Å². The maximum absolute atomic E-state index is 12.2. The van der Waals surface area contributed by atoms with E-state index in [1.807, 2.05) is 26.0 Å². The molecule has 2 amide bonds. The van der Waals surface area contributed by atoms with E-state index in [1.54, 1.807) is 12.1 Å². The average molecular weight is 242 g/mol.